The summed E-state index contributed by atoms with van der Waals surface area (Å²) in [5.74, 6) is 0.0208. The third-order valence-corrected chi connectivity index (χ3v) is 6.35. The molecule has 0 atom stereocenters. The van der Waals surface area contributed by atoms with E-state index in [1.807, 2.05) is 0 Å². The molecule has 1 heterocycles. The molecule has 1 aromatic rings. The number of nitrogens with zero attached hydrogens (tertiary/aromatic N) is 2. The molecule has 6 nitrogen and oxygen atoms in total. The monoisotopic (exact) mass is 374 g/mol. The summed E-state index contributed by atoms with van der Waals surface area (Å²) in [7, 11) is -3.72. The molecule has 2 rings (SSSR count). The molecule has 0 unspecified atom stereocenters. The molecular formula is C16H23ClN2O4S. The van der Waals surface area contributed by atoms with Gasteiger partial charge in [0.1, 0.15) is 10.6 Å². The van der Waals surface area contributed by atoms with Crippen LogP contribution in [0.2, 0.25) is 5.02 Å². The Morgan fingerprint density at radius 1 is 1.25 bits per heavy atom. The highest BCUT2D eigenvalue weighted by atomic mass is 35.5. The van der Waals surface area contributed by atoms with Crippen LogP contribution >= 0.6 is 11.6 Å². The molecule has 0 radical (unpaired) electrons. The van der Waals surface area contributed by atoms with Gasteiger partial charge < -0.3 is 9.64 Å². The van der Waals surface area contributed by atoms with Crippen molar-refractivity contribution in [3.05, 3.63) is 23.2 Å². The van der Waals surface area contributed by atoms with Crippen LogP contribution in [0.3, 0.4) is 0 Å². The number of ether oxygens (including phenoxy) is 1. The number of benzene rings is 1. The second-order valence-corrected chi connectivity index (χ2v) is 7.90. The van der Waals surface area contributed by atoms with Gasteiger partial charge in [0.15, 0.2) is 6.61 Å². The lowest BCUT2D eigenvalue weighted by Gasteiger charge is -2.21. The molecule has 0 bridgehead atoms. The zero-order valence-electron chi connectivity index (χ0n) is 14.0. The standard InChI is InChI=1S/C16H23ClN2O4S/c1-3-19(4-2)24(21,22)15-11-13(17)7-8-14(15)23-12-16(20)18-9-5-6-10-18/h7-8,11H,3-6,9-10,12H2,1-2H3. The molecule has 134 valence electrons. The van der Waals surface area contributed by atoms with Gasteiger partial charge in [0.05, 0.1) is 0 Å². The van der Waals surface area contributed by atoms with E-state index in [0.29, 0.717) is 18.1 Å². The van der Waals surface area contributed by atoms with Crippen molar-refractivity contribution in [2.45, 2.75) is 31.6 Å². The molecule has 8 heteroatoms. The average Bonchev–Trinajstić information content (AvgIpc) is 3.08. The molecule has 1 aromatic carbocycles. The van der Waals surface area contributed by atoms with Gasteiger partial charge in [0.25, 0.3) is 5.91 Å². The van der Waals surface area contributed by atoms with Gasteiger partial charge in [-0.25, -0.2) is 8.42 Å². The van der Waals surface area contributed by atoms with Crippen molar-refractivity contribution in [1.29, 1.82) is 0 Å². The molecule has 1 saturated heterocycles. The van der Waals surface area contributed by atoms with Crippen molar-refractivity contribution in [3.63, 3.8) is 0 Å². The molecule has 0 aliphatic carbocycles. The lowest BCUT2D eigenvalue weighted by atomic mass is 10.3. The van der Waals surface area contributed by atoms with E-state index in [9.17, 15) is 13.2 Å². The minimum absolute atomic E-state index is 0.00655. The summed E-state index contributed by atoms with van der Waals surface area (Å²) in [5.41, 5.74) is 0. The van der Waals surface area contributed by atoms with Crippen LogP contribution in [0.5, 0.6) is 5.75 Å². The number of carbonyl (C=O) groups is 1. The van der Waals surface area contributed by atoms with Gasteiger partial charge in [-0.3, -0.25) is 4.79 Å². The third-order valence-electron chi connectivity index (χ3n) is 4.04. The minimum Gasteiger partial charge on any atom is -0.482 e. The van der Waals surface area contributed by atoms with E-state index in [-0.39, 0.29) is 23.2 Å². The molecular weight excluding hydrogens is 352 g/mol. The highest BCUT2D eigenvalue weighted by Crippen LogP contribution is 2.30. The van der Waals surface area contributed by atoms with E-state index in [2.05, 4.69) is 0 Å². The fraction of sp³-hybridized carbons (Fsp3) is 0.562. The van der Waals surface area contributed by atoms with Crippen LogP contribution in [0.4, 0.5) is 0 Å². The maximum Gasteiger partial charge on any atom is 0.260 e. The van der Waals surface area contributed by atoms with Gasteiger partial charge in [-0.1, -0.05) is 25.4 Å². The predicted octanol–water partition coefficient (Wildman–Crippen LogP) is 2.37. The Labute approximate surface area is 148 Å². The zero-order valence-corrected chi connectivity index (χ0v) is 15.6. The van der Waals surface area contributed by atoms with E-state index in [0.717, 1.165) is 25.9 Å². The minimum atomic E-state index is -3.72. The number of likely N-dealkylation sites (tertiary alicyclic amines) is 1. The van der Waals surface area contributed by atoms with Gasteiger partial charge in [0.2, 0.25) is 10.0 Å². The quantitative estimate of drug-likeness (QED) is 0.734. The number of carbonyl (C=O) groups excluding carboxylic acids is 1. The van der Waals surface area contributed by atoms with Crippen molar-refractivity contribution < 1.29 is 17.9 Å². The Kier molecular flexibility index (Phi) is 6.48. The van der Waals surface area contributed by atoms with Gasteiger partial charge in [-0.05, 0) is 31.0 Å². The summed E-state index contributed by atoms with van der Waals surface area (Å²) >= 11 is 5.97. The summed E-state index contributed by atoms with van der Waals surface area (Å²) in [5, 5.41) is 0.305. The molecule has 1 fully saturated rings. The van der Waals surface area contributed by atoms with Crippen molar-refractivity contribution in [1.82, 2.24) is 9.21 Å². The Bertz CT molecular complexity index is 683. The van der Waals surface area contributed by atoms with E-state index in [1.54, 1.807) is 24.8 Å². The Hall–Kier alpha value is -1.31. The Morgan fingerprint density at radius 2 is 1.88 bits per heavy atom. The predicted molar refractivity (Wildman–Crippen MR) is 92.9 cm³/mol. The molecule has 0 N–H and O–H groups in total. The van der Waals surface area contributed by atoms with E-state index in [1.165, 1.54) is 16.4 Å². The second kappa shape index (κ2) is 8.18. The first-order valence-corrected chi connectivity index (χ1v) is 9.92. The summed E-state index contributed by atoms with van der Waals surface area (Å²) < 4.78 is 32.4. The van der Waals surface area contributed by atoms with Crippen LogP contribution in [-0.4, -0.2) is 56.3 Å². The highest BCUT2D eigenvalue weighted by Gasteiger charge is 2.27. The lowest BCUT2D eigenvalue weighted by molar-refractivity contribution is -0.132. The normalized spacial score (nSPS) is 15.1. The van der Waals surface area contributed by atoms with Crippen molar-refractivity contribution in [2.24, 2.45) is 0 Å². The van der Waals surface area contributed by atoms with Gasteiger partial charge in [-0.15, -0.1) is 0 Å². The van der Waals surface area contributed by atoms with Crippen molar-refractivity contribution in [3.8, 4) is 5.75 Å². The summed E-state index contributed by atoms with van der Waals surface area (Å²) in [6.45, 7) is 5.50. The number of hydrogen-bond acceptors (Lipinski definition) is 4. The van der Waals surface area contributed by atoms with E-state index < -0.39 is 10.0 Å². The van der Waals surface area contributed by atoms with Gasteiger partial charge in [-0.2, -0.15) is 4.31 Å². The maximum absolute atomic E-state index is 12.8. The third kappa shape index (κ3) is 4.20. The summed E-state index contributed by atoms with van der Waals surface area (Å²) in [6.07, 6.45) is 1.99. The molecule has 1 amide bonds. The van der Waals surface area contributed by atoms with Crippen LogP contribution in [0, 0.1) is 0 Å². The fourth-order valence-electron chi connectivity index (χ4n) is 2.70. The maximum atomic E-state index is 12.8. The SMILES string of the molecule is CCN(CC)S(=O)(=O)c1cc(Cl)ccc1OCC(=O)N1CCCC1. The van der Waals surface area contributed by atoms with E-state index in [4.69, 9.17) is 16.3 Å². The second-order valence-electron chi connectivity index (χ2n) is 5.56. The number of rotatable bonds is 7. The first-order valence-electron chi connectivity index (χ1n) is 8.10. The largest absolute Gasteiger partial charge is 0.482 e. The van der Waals surface area contributed by atoms with Crippen LogP contribution in [0.15, 0.2) is 23.1 Å². The highest BCUT2D eigenvalue weighted by molar-refractivity contribution is 7.89. The zero-order chi connectivity index (χ0) is 17.7. The number of sulfonamides is 1. The number of hydrogen-bond donors (Lipinski definition) is 0. The van der Waals surface area contributed by atoms with Crippen LogP contribution in [0.1, 0.15) is 26.7 Å². The van der Waals surface area contributed by atoms with Crippen LogP contribution in [-0.2, 0) is 14.8 Å². The molecule has 0 saturated carbocycles. The van der Waals surface area contributed by atoms with Crippen LogP contribution in [0.25, 0.3) is 0 Å². The molecule has 24 heavy (non-hydrogen) atoms. The van der Waals surface area contributed by atoms with Crippen molar-refractivity contribution >= 4 is 27.5 Å². The average molecular weight is 375 g/mol. The Balaban J connectivity index is 2.22. The van der Waals surface area contributed by atoms with Crippen molar-refractivity contribution in [2.75, 3.05) is 32.8 Å². The topological polar surface area (TPSA) is 66.9 Å². The molecule has 1 aliphatic rings. The first-order chi connectivity index (χ1) is 11.4. The summed E-state index contributed by atoms with van der Waals surface area (Å²) in [4.78, 5) is 13.8. The molecule has 1 aliphatic heterocycles. The van der Waals surface area contributed by atoms with Crippen LogP contribution < -0.4 is 4.74 Å². The molecule has 0 aromatic heterocycles. The summed E-state index contributed by atoms with van der Waals surface area (Å²) in [6, 6.07) is 4.42. The number of amides is 1. The Morgan fingerprint density at radius 3 is 2.46 bits per heavy atom. The number of halogens is 1. The van der Waals surface area contributed by atoms with Gasteiger partial charge >= 0.3 is 0 Å². The fourth-order valence-corrected chi connectivity index (χ4v) is 4.55. The van der Waals surface area contributed by atoms with E-state index >= 15 is 0 Å². The van der Waals surface area contributed by atoms with Gasteiger partial charge in [0, 0.05) is 31.2 Å². The molecule has 0 spiro atoms. The smallest absolute Gasteiger partial charge is 0.260 e. The lowest BCUT2D eigenvalue weighted by Crippen LogP contribution is -2.33. The first kappa shape index (κ1) is 19.0.